The zero-order chi connectivity index (χ0) is 32.4. The number of aromatic hydroxyl groups is 4. The van der Waals surface area contributed by atoms with Crippen molar-refractivity contribution in [1.82, 2.24) is 0 Å². The molecular formula is C31H28O14. The number of phenols is 3. The zero-order valence-electron chi connectivity index (χ0n) is 23.4. The van der Waals surface area contributed by atoms with E-state index in [9.17, 15) is 45.3 Å². The van der Waals surface area contributed by atoms with Crippen LogP contribution in [0.25, 0.3) is 28.4 Å². The average molecular weight is 625 g/mol. The maximum absolute atomic E-state index is 12.9. The second kappa shape index (κ2) is 12.8. The summed E-state index contributed by atoms with van der Waals surface area (Å²) in [5.41, 5.74) is -0.460. The molecule has 1 aliphatic rings. The van der Waals surface area contributed by atoms with E-state index in [1.54, 1.807) is 12.1 Å². The number of aliphatic hydroxyl groups excluding tert-OH is 3. The summed E-state index contributed by atoms with van der Waals surface area (Å²) in [6, 6.07) is 12.1. The van der Waals surface area contributed by atoms with Gasteiger partial charge in [-0.15, -0.1) is 0 Å². The number of benzene rings is 3. The number of aliphatic hydroxyl groups is 3. The summed E-state index contributed by atoms with van der Waals surface area (Å²) in [5.74, 6) is -2.91. The van der Waals surface area contributed by atoms with Gasteiger partial charge in [-0.25, -0.2) is 4.79 Å². The lowest BCUT2D eigenvalue weighted by Gasteiger charge is -2.39. The molecule has 1 fully saturated rings. The molecule has 1 aliphatic heterocycles. The van der Waals surface area contributed by atoms with Gasteiger partial charge in [0.2, 0.25) is 17.5 Å². The third-order valence-corrected chi connectivity index (χ3v) is 6.98. The van der Waals surface area contributed by atoms with Crippen LogP contribution in [0.4, 0.5) is 0 Å². The Morgan fingerprint density at radius 3 is 2.36 bits per heavy atom. The second-order valence-corrected chi connectivity index (χ2v) is 10.00. The maximum atomic E-state index is 12.9. The number of fused-ring (bicyclic) bond motifs is 1. The molecule has 1 aromatic heterocycles. The van der Waals surface area contributed by atoms with E-state index in [2.05, 4.69) is 0 Å². The number of hydrogen-bond acceptors (Lipinski definition) is 14. The highest BCUT2D eigenvalue weighted by atomic mass is 16.7. The summed E-state index contributed by atoms with van der Waals surface area (Å²) in [6.45, 7) is -0.542. The Hall–Kier alpha value is -5.28. The van der Waals surface area contributed by atoms with Crippen LogP contribution in [0.2, 0.25) is 0 Å². The van der Waals surface area contributed by atoms with E-state index in [1.165, 1.54) is 43.5 Å². The Labute approximate surface area is 253 Å². The molecule has 2 heterocycles. The van der Waals surface area contributed by atoms with E-state index >= 15 is 0 Å². The van der Waals surface area contributed by atoms with Crippen LogP contribution >= 0.6 is 0 Å². The molecule has 0 spiro atoms. The van der Waals surface area contributed by atoms with Crippen molar-refractivity contribution in [3.05, 3.63) is 76.5 Å². The number of esters is 1. The predicted octanol–water partition coefficient (Wildman–Crippen LogP) is 1.73. The highest BCUT2D eigenvalue weighted by Crippen LogP contribution is 2.38. The molecule has 45 heavy (non-hydrogen) atoms. The number of rotatable bonds is 8. The van der Waals surface area contributed by atoms with Gasteiger partial charge in [-0.3, -0.25) is 4.79 Å². The average Bonchev–Trinajstić information content (AvgIpc) is 3.02. The smallest absolute Gasteiger partial charge is 0.330 e. The Morgan fingerprint density at radius 1 is 0.911 bits per heavy atom. The van der Waals surface area contributed by atoms with Gasteiger partial charge in [0.05, 0.1) is 7.11 Å². The molecule has 14 heteroatoms. The van der Waals surface area contributed by atoms with Crippen molar-refractivity contribution in [2.24, 2.45) is 0 Å². The van der Waals surface area contributed by atoms with Crippen LogP contribution in [0, 0.1) is 0 Å². The minimum atomic E-state index is -1.80. The van der Waals surface area contributed by atoms with Crippen molar-refractivity contribution in [2.45, 2.75) is 30.7 Å². The normalized spacial score (nSPS) is 21.6. The topological polar surface area (TPSA) is 226 Å². The fourth-order valence-corrected chi connectivity index (χ4v) is 4.60. The number of carbonyl (C=O) groups excluding carboxylic acids is 1. The summed E-state index contributed by atoms with van der Waals surface area (Å²) in [6.07, 6.45) is -5.73. The SMILES string of the molecule is COc1cc(-c2oc3cc(OC4OC(COC(=O)C=Cc5ccc(O)cc5)C(O)C(O)C4O)cc(O)c3c(=O)c2O)ccc1O. The first-order valence-electron chi connectivity index (χ1n) is 13.4. The molecule has 14 nitrogen and oxygen atoms in total. The van der Waals surface area contributed by atoms with Crippen molar-refractivity contribution in [3.63, 3.8) is 0 Å². The third kappa shape index (κ3) is 6.49. The third-order valence-electron chi connectivity index (χ3n) is 6.98. The van der Waals surface area contributed by atoms with Crippen LogP contribution in [-0.2, 0) is 14.3 Å². The molecule has 4 aromatic rings. The Balaban J connectivity index is 1.36. The van der Waals surface area contributed by atoms with E-state index in [1.807, 2.05) is 0 Å². The predicted molar refractivity (Wildman–Crippen MR) is 155 cm³/mol. The lowest BCUT2D eigenvalue weighted by molar-refractivity contribution is -0.278. The van der Waals surface area contributed by atoms with E-state index in [0.29, 0.717) is 5.56 Å². The first-order chi connectivity index (χ1) is 21.5. The van der Waals surface area contributed by atoms with E-state index in [4.69, 9.17) is 23.4 Å². The fourth-order valence-electron chi connectivity index (χ4n) is 4.60. The number of methoxy groups -OCH3 is 1. The molecule has 236 valence electrons. The molecule has 5 rings (SSSR count). The van der Waals surface area contributed by atoms with E-state index < -0.39 is 60.2 Å². The van der Waals surface area contributed by atoms with E-state index in [0.717, 1.165) is 18.2 Å². The van der Waals surface area contributed by atoms with Crippen molar-refractivity contribution in [2.75, 3.05) is 13.7 Å². The van der Waals surface area contributed by atoms with Crippen LogP contribution in [0.5, 0.6) is 34.5 Å². The quantitative estimate of drug-likeness (QED) is 0.110. The standard InChI is InChI=1S/C31H28O14/c1-41-20-10-15(5-8-18(20)33)30-28(39)26(37)24-19(34)11-17(12-21(24)44-30)43-31-29(40)27(38)25(36)22(45-31)13-42-23(35)9-4-14-2-6-16(32)7-3-14/h2-12,22,25,27,29,31-34,36,38-40H,13H2,1H3. The highest BCUT2D eigenvalue weighted by molar-refractivity contribution is 5.88. The van der Waals surface area contributed by atoms with Gasteiger partial charge in [-0.1, -0.05) is 12.1 Å². The minimum Gasteiger partial charge on any atom is -0.508 e. The van der Waals surface area contributed by atoms with Crippen LogP contribution in [0.15, 0.2) is 69.9 Å². The first-order valence-corrected chi connectivity index (χ1v) is 13.4. The lowest BCUT2D eigenvalue weighted by atomic mass is 9.99. The monoisotopic (exact) mass is 624 g/mol. The molecule has 0 amide bonds. The lowest BCUT2D eigenvalue weighted by Crippen LogP contribution is -2.60. The number of ether oxygens (including phenoxy) is 4. The Kier molecular flexibility index (Phi) is 8.83. The zero-order valence-corrected chi connectivity index (χ0v) is 23.4. The number of phenolic OH excluding ortho intramolecular Hbond substituents is 3. The number of hydrogen-bond donors (Lipinski definition) is 7. The Bertz CT molecular complexity index is 1800. The molecule has 0 aliphatic carbocycles. The van der Waals surface area contributed by atoms with Gasteiger partial charge in [0, 0.05) is 23.8 Å². The molecule has 5 unspecified atom stereocenters. The molecule has 0 radical (unpaired) electrons. The summed E-state index contributed by atoms with van der Waals surface area (Å²) in [7, 11) is 1.31. The maximum Gasteiger partial charge on any atom is 0.330 e. The van der Waals surface area contributed by atoms with Crippen LogP contribution in [-0.4, -0.2) is 86.1 Å². The summed E-state index contributed by atoms with van der Waals surface area (Å²) in [4.78, 5) is 25.1. The van der Waals surface area contributed by atoms with Crippen molar-refractivity contribution in [1.29, 1.82) is 0 Å². The van der Waals surface area contributed by atoms with Crippen molar-refractivity contribution < 1.29 is 63.9 Å². The number of carbonyl (C=O) groups is 1. The van der Waals surface area contributed by atoms with Gasteiger partial charge in [-0.2, -0.15) is 0 Å². The van der Waals surface area contributed by atoms with Gasteiger partial charge in [0.15, 0.2) is 17.3 Å². The fraction of sp³-hybridized carbons (Fsp3) is 0.226. The molecule has 5 atom stereocenters. The molecule has 3 aromatic carbocycles. The minimum absolute atomic E-state index is 0.0346. The van der Waals surface area contributed by atoms with Gasteiger partial charge < -0.3 is 59.1 Å². The highest BCUT2D eigenvalue weighted by Gasteiger charge is 2.45. The Morgan fingerprint density at radius 2 is 1.64 bits per heavy atom. The van der Waals surface area contributed by atoms with Gasteiger partial charge >= 0.3 is 5.97 Å². The van der Waals surface area contributed by atoms with Crippen molar-refractivity contribution in [3.8, 4) is 45.8 Å². The van der Waals surface area contributed by atoms with Crippen LogP contribution in [0.3, 0.4) is 0 Å². The molecule has 1 saturated heterocycles. The van der Waals surface area contributed by atoms with E-state index in [-0.39, 0.29) is 45.3 Å². The van der Waals surface area contributed by atoms with Crippen LogP contribution in [0.1, 0.15) is 5.56 Å². The van der Waals surface area contributed by atoms with Crippen molar-refractivity contribution >= 4 is 23.0 Å². The molecule has 7 N–H and O–H groups in total. The summed E-state index contributed by atoms with van der Waals surface area (Å²) >= 11 is 0. The van der Waals surface area contributed by atoms with Crippen LogP contribution < -0.4 is 14.9 Å². The largest absolute Gasteiger partial charge is 0.508 e. The van der Waals surface area contributed by atoms with Gasteiger partial charge in [0.1, 0.15) is 59.2 Å². The molecule has 0 saturated carbocycles. The molecular weight excluding hydrogens is 596 g/mol. The van der Waals surface area contributed by atoms with Gasteiger partial charge in [-0.05, 0) is 42.0 Å². The first kappa shape index (κ1) is 31.2. The molecule has 0 bridgehead atoms. The second-order valence-electron chi connectivity index (χ2n) is 10.00. The summed E-state index contributed by atoms with van der Waals surface area (Å²) in [5, 5.41) is 71.3. The van der Waals surface area contributed by atoms with Gasteiger partial charge in [0.25, 0.3) is 0 Å². The summed E-state index contributed by atoms with van der Waals surface area (Å²) < 4.78 is 27.1.